The third-order valence-corrected chi connectivity index (χ3v) is 7.86. The SMILES string of the molecule is C[C@]12CCC3C4CCC(=O)CC4=C(CO)CC3C1CC[C@@H]2C#N. The van der Waals surface area contributed by atoms with Gasteiger partial charge in [-0.25, -0.2) is 0 Å². The van der Waals surface area contributed by atoms with Gasteiger partial charge in [0.1, 0.15) is 5.78 Å². The average Bonchev–Trinajstić information content (AvgIpc) is 2.90. The molecule has 4 unspecified atom stereocenters. The van der Waals surface area contributed by atoms with Crippen LogP contribution in [-0.4, -0.2) is 17.5 Å². The van der Waals surface area contributed by atoms with Gasteiger partial charge in [-0.05, 0) is 73.2 Å². The van der Waals surface area contributed by atoms with Gasteiger partial charge < -0.3 is 5.11 Å². The Kier molecular flexibility index (Phi) is 3.65. The molecule has 0 bridgehead atoms. The summed E-state index contributed by atoms with van der Waals surface area (Å²) in [6.07, 6.45) is 7.87. The first-order chi connectivity index (χ1) is 11.1. The molecule has 4 aliphatic rings. The number of hydrogen-bond acceptors (Lipinski definition) is 3. The molecular weight excluding hydrogens is 286 g/mol. The molecule has 4 aliphatic carbocycles. The van der Waals surface area contributed by atoms with E-state index in [1.54, 1.807) is 0 Å². The van der Waals surface area contributed by atoms with Crippen molar-refractivity contribution in [1.29, 1.82) is 5.26 Å². The summed E-state index contributed by atoms with van der Waals surface area (Å²) in [6, 6.07) is 2.58. The second kappa shape index (κ2) is 5.45. The number of aliphatic hydroxyl groups is 1. The Balaban J connectivity index is 1.69. The molecule has 3 nitrogen and oxygen atoms in total. The van der Waals surface area contributed by atoms with Crippen molar-refractivity contribution in [2.24, 2.45) is 35.0 Å². The van der Waals surface area contributed by atoms with Gasteiger partial charge in [-0.1, -0.05) is 12.5 Å². The zero-order chi connectivity index (χ0) is 16.2. The predicted octanol–water partition coefficient (Wildman–Crippen LogP) is 3.63. The van der Waals surface area contributed by atoms with Crippen molar-refractivity contribution < 1.29 is 9.90 Å². The van der Waals surface area contributed by atoms with Gasteiger partial charge in [0, 0.05) is 12.8 Å². The fourth-order valence-electron chi connectivity index (χ4n) is 6.69. The largest absolute Gasteiger partial charge is 0.392 e. The fourth-order valence-corrected chi connectivity index (χ4v) is 6.69. The van der Waals surface area contributed by atoms with Crippen LogP contribution < -0.4 is 0 Å². The smallest absolute Gasteiger partial charge is 0.136 e. The lowest BCUT2D eigenvalue weighted by molar-refractivity contribution is -0.120. The summed E-state index contributed by atoms with van der Waals surface area (Å²) in [5.41, 5.74) is 2.63. The number of allylic oxidation sites excluding steroid dienone is 1. The van der Waals surface area contributed by atoms with Crippen molar-refractivity contribution >= 4 is 5.78 Å². The summed E-state index contributed by atoms with van der Waals surface area (Å²) in [6.45, 7) is 2.46. The van der Waals surface area contributed by atoms with Crippen molar-refractivity contribution in [1.82, 2.24) is 0 Å². The summed E-state index contributed by atoms with van der Waals surface area (Å²) in [5.74, 6) is 3.03. The van der Waals surface area contributed by atoms with E-state index in [-0.39, 0.29) is 17.9 Å². The molecule has 0 radical (unpaired) electrons. The van der Waals surface area contributed by atoms with Gasteiger partial charge in [-0.3, -0.25) is 4.79 Å². The van der Waals surface area contributed by atoms with E-state index in [0.29, 0.717) is 35.9 Å². The minimum absolute atomic E-state index is 0.118. The monoisotopic (exact) mass is 313 g/mol. The molecule has 0 spiro atoms. The molecular formula is C20H27NO2. The van der Waals surface area contributed by atoms with E-state index in [1.807, 2.05) is 0 Å². The Bertz CT molecular complexity index is 601. The molecule has 0 heterocycles. The predicted molar refractivity (Wildman–Crippen MR) is 87.2 cm³/mol. The standard InChI is InChI=1S/C20H27NO2/c1-20-7-6-16-15-4-3-14(23)9-17(15)12(11-22)8-18(16)19(20)5-2-13(20)10-21/h13,15-16,18-19,22H,2-9,11H2,1H3/t13-,15?,16?,18?,19?,20-/m1/s1. The van der Waals surface area contributed by atoms with E-state index in [2.05, 4.69) is 13.0 Å². The van der Waals surface area contributed by atoms with Gasteiger partial charge >= 0.3 is 0 Å². The van der Waals surface area contributed by atoms with Crippen LogP contribution in [0.4, 0.5) is 0 Å². The topological polar surface area (TPSA) is 61.1 Å². The average molecular weight is 313 g/mol. The fraction of sp³-hybridized carbons (Fsp3) is 0.800. The van der Waals surface area contributed by atoms with Crippen LogP contribution in [0.15, 0.2) is 11.1 Å². The molecule has 0 aromatic carbocycles. The number of carbonyl (C=O) groups is 1. The lowest BCUT2D eigenvalue weighted by Crippen LogP contribution is -2.47. The van der Waals surface area contributed by atoms with E-state index >= 15 is 0 Å². The van der Waals surface area contributed by atoms with Crippen LogP contribution in [-0.2, 0) is 4.79 Å². The molecule has 3 fully saturated rings. The number of rotatable bonds is 1. The van der Waals surface area contributed by atoms with Crippen molar-refractivity contribution in [2.45, 2.75) is 58.3 Å². The molecule has 6 atom stereocenters. The normalized spacial score (nSPS) is 46.0. The number of hydrogen-bond donors (Lipinski definition) is 1. The molecule has 0 aromatic rings. The van der Waals surface area contributed by atoms with E-state index in [0.717, 1.165) is 31.3 Å². The Morgan fingerprint density at radius 3 is 2.83 bits per heavy atom. The highest BCUT2D eigenvalue weighted by atomic mass is 16.3. The molecule has 23 heavy (non-hydrogen) atoms. The van der Waals surface area contributed by atoms with Gasteiger partial charge in [-0.15, -0.1) is 0 Å². The third kappa shape index (κ3) is 2.14. The molecule has 0 aromatic heterocycles. The van der Waals surface area contributed by atoms with Crippen LogP contribution in [0.1, 0.15) is 58.3 Å². The highest BCUT2D eigenvalue weighted by Crippen LogP contribution is 2.63. The summed E-state index contributed by atoms with van der Waals surface area (Å²) in [4.78, 5) is 11.9. The summed E-state index contributed by atoms with van der Waals surface area (Å²) < 4.78 is 0. The van der Waals surface area contributed by atoms with Gasteiger partial charge in [0.05, 0.1) is 18.6 Å². The molecule has 0 aliphatic heterocycles. The maximum absolute atomic E-state index is 11.9. The zero-order valence-corrected chi connectivity index (χ0v) is 14.1. The zero-order valence-electron chi connectivity index (χ0n) is 14.1. The van der Waals surface area contributed by atoms with Gasteiger partial charge in [-0.2, -0.15) is 5.26 Å². The Morgan fingerprint density at radius 1 is 1.26 bits per heavy atom. The summed E-state index contributed by atoms with van der Waals surface area (Å²) >= 11 is 0. The third-order valence-electron chi connectivity index (χ3n) is 7.86. The van der Waals surface area contributed by atoms with Crippen LogP contribution in [0.5, 0.6) is 0 Å². The van der Waals surface area contributed by atoms with Crippen LogP contribution in [0, 0.1) is 46.3 Å². The van der Waals surface area contributed by atoms with E-state index in [9.17, 15) is 15.2 Å². The molecule has 1 N–H and O–H groups in total. The van der Waals surface area contributed by atoms with Gasteiger partial charge in [0.25, 0.3) is 0 Å². The van der Waals surface area contributed by atoms with Crippen LogP contribution in [0.3, 0.4) is 0 Å². The van der Waals surface area contributed by atoms with Crippen molar-refractivity contribution in [3.05, 3.63) is 11.1 Å². The highest BCUT2D eigenvalue weighted by molar-refractivity contribution is 5.82. The van der Waals surface area contributed by atoms with Crippen LogP contribution >= 0.6 is 0 Å². The van der Waals surface area contributed by atoms with Crippen molar-refractivity contribution in [2.75, 3.05) is 6.61 Å². The quantitative estimate of drug-likeness (QED) is 0.752. The number of carbonyl (C=O) groups excluding carboxylic acids is 1. The Hall–Kier alpha value is -1.14. The first kappa shape index (κ1) is 15.4. The first-order valence-corrected chi connectivity index (χ1v) is 9.31. The first-order valence-electron chi connectivity index (χ1n) is 9.31. The minimum atomic E-state index is 0.118. The maximum atomic E-state index is 11.9. The lowest BCUT2D eigenvalue weighted by Gasteiger charge is -2.53. The van der Waals surface area contributed by atoms with E-state index in [4.69, 9.17) is 0 Å². The summed E-state index contributed by atoms with van der Waals surface area (Å²) in [7, 11) is 0. The minimum Gasteiger partial charge on any atom is -0.392 e. The van der Waals surface area contributed by atoms with Gasteiger partial charge in [0.2, 0.25) is 0 Å². The number of nitrogens with zero attached hydrogens (tertiary/aromatic N) is 1. The van der Waals surface area contributed by atoms with Crippen LogP contribution in [0.25, 0.3) is 0 Å². The lowest BCUT2D eigenvalue weighted by atomic mass is 9.51. The van der Waals surface area contributed by atoms with Crippen molar-refractivity contribution in [3.8, 4) is 6.07 Å². The van der Waals surface area contributed by atoms with Crippen molar-refractivity contribution in [3.63, 3.8) is 0 Å². The van der Waals surface area contributed by atoms with Gasteiger partial charge in [0.15, 0.2) is 0 Å². The maximum Gasteiger partial charge on any atom is 0.136 e. The molecule has 124 valence electrons. The molecule has 0 saturated heterocycles. The van der Waals surface area contributed by atoms with E-state index in [1.165, 1.54) is 24.8 Å². The number of fused-ring (bicyclic) bond motifs is 5. The molecule has 3 saturated carbocycles. The molecule has 3 heteroatoms. The number of nitriles is 1. The van der Waals surface area contributed by atoms with Crippen LogP contribution in [0.2, 0.25) is 0 Å². The molecule has 0 amide bonds. The molecule has 4 rings (SSSR count). The summed E-state index contributed by atoms with van der Waals surface area (Å²) in [5, 5.41) is 19.4. The number of ketones is 1. The van der Waals surface area contributed by atoms with E-state index < -0.39 is 0 Å². The Labute approximate surface area is 138 Å². The highest BCUT2D eigenvalue weighted by Gasteiger charge is 2.56. The Morgan fingerprint density at radius 2 is 2.09 bits per heavy atom. The number of Topliss-reactive ketones (excluding diaryl/α,β-unsaturated/α-hetero) is 1. The second-order valence-electron chi connectivity index (χ2n) is 8.59. The second-order valence-corrected chi connectivity index (χ2v) is 8.59. The number of aliphatic hydroxyl groups excluding tert-OH is 1.